The molecule has 0 unspecified atom stereocenters. The lowest BCUT2D eigenvalue weighted by atomic mass is 9.92. The molecule has 60 valence electrons. The van der Waals surface area contributed by atoms with Crippen LogP contribution in [-0.4, -0.2) is 39.9 Å². The van der Waals surface area contributed by atoms with Gasteiger partial charge in [0.1, 0.15) is 0 Å². The Hall–Kier alpha value is -0.120. The van der Waals surface area contributed by atoms with E-state index in [1.165, 1.54) is 0 Å². The van der Waals surface area contributed by atoms with E-state index in [1.54, 1.807) is 11.8 Å². The SMILES string of the molecule is [CH2-]N1CC[C@H](O)[C@](C)(O)C1. The van der Waals surface area contributed by atoms with Gasteiger partial charge in [-0.15, -0.1) is 0 Å². The third-order valence-corrected chi connectivity index (χ3v) is 1.98. The topological polar surface area (TPSA) is 43.7 Å². The highest BCUT2D eigenvalue weighted by molar-refractivity contribution is 4.89. The lowest BCUT2D eigenvalue weighted by Gasteiger charge is -2.42. The maximum absolute atomic E-state index is 9.48. The molecule has 0 radical (unpaired) electrons. The fourth-order valence-electron chi connectivity index (χ4n) is 1.25. The Labute approximate surface area is 61.3 Å². The Morgan fingerprint density at radius 3 is 2.70 bits per heavy atom. The summed E-state index contributed by atoms with van der Waals surface area (Å²) >= 11 is 0. The maximum atomic E-state index is 9.48. The molecule has 10 heavy (non-hydrogen) atoms. The summed E-state index contributed by atoms with van der Waals surface area (Å²) in [6.07, 6.45) is 0.0155. The molecule has 0 amide bonds. The van der Waals surface area contributed by atoms with Crippen molar-refractivity contribution >= 4 is 0 Å². The molecular weight excluding hydrogens is 130 g/mol. The number of hydrogen-bond acceptors (Lipinski definition) is 3. The van der Waals surface area contributed by atoms with Crippen LogP contribution in [0.15, 0.2) is 0 Å². The maximum Gasteiger partial charge on any atom is 0.0979 e. The number of piperidine rings is 1. The molecule has 1 aliphatic heterocycles. The average molecular weight is 144 g/mol. The molecule has 0 aromatic rings. The molecule has 0 aromatic carbocycles. The fraction of sp³-hybridized carbons (Fsp3) is 0.857. The Morgan fingerprint density at radius 2 is 2.30 bits per heavy atom. The smallest absolute Gasteiger partial charge is 0.0979 e. The van der Waals surface area contributed by atoms with Crippen LogP contribution >= 0.6 is 0 Å². The van der Waals surface area contributed by atoms with Crippen LogP contribution in [0.4, 0.5) is 0 Å². The van der Waals surface area contributed by atoms with Gasteiger partial charge in [0.25, 0.3) is 0 Å². The van der Waals surface area contributed by atoms with Gasteiger partial charge in [-0.1, -0.05) is 0 Å². The second-order valence-corrected chi connectivity index (χ2v) is 3.21. The molecule has 1 fully saturated rings. The third kappa shape index (κ3) is 1.48. The minimum Gasteiger partial charge on any atom is -0.457 e. The number of β-amino-alcohol motifs (C(OH)–C–C–N with tert-alkyl or cyclic N) is 1. The highest BCUT2D eigenvalue weighted by Crippen LogP contribution is 2.19. The van der Waals surface area contributed by atoms with Crippen LogP contribution in [0.5, 0.6) is 0 Å². The molecule has 1 aliphatic rings. The van der Waals surface area contributed by atoms with Gasteiger partial charge in [-0.25, -0.2) is 0 Å². The van der Waals surface area contributed by atoms with Crippen molar-refractivity contribution in [2.45, 2.75) is 25.0 Å². The largest absolute Gasteiger partial charge is 0.457 e. The lowest BCUT2D eigenvalue weighted by molar-refractivity contribution is -0.101. The van der Waals surface area contributed by atoms with Crippen molar-refractivity contribution in [2.75, 3.05) is 13.1 Å². The second kappa shape index (κ2) is 2.49. The van der Waals surface area contributed by atoms with E-state index in [-0.39, 0.29) is 0 Å². The van der Waals surface area contributed by atoms with Crippen molar-refractivity contribution in [3.8, 4) is 0 Å². The highest BCUT2D eigenvalue weighted by atomic mass is 16.3. The summed E-state index contributed by atoms with van der Waals surface area (Å²) in [5, 5.41) is 18.7. The van der Waals surface area contributed by atoms with Crippen LogP contribution in [0.3, 0.4) is 0 Å². The fourth-order valence-corrected chi connectivity index (χ4v) is 1.25. The van der Waals surface area contributed by atoms with Crippen LogP contribution in [-0.2, 0) is 0 Å². The molecule has 0 spiro atoms. The summed E-state index contributed by atoms with van der Waals surface area (Å²) < 4.78 is 0. The van der Waals surface area contributed by atoms with Crippen LogP contribution in [0.2, 0.25) is 0 Å². The molecule has 0 saturated carbocycles. The number of rotatable bonds is 0. The minimum absolute atomic E-state index is 0.453. The molecule has 1 rings (SSSR count). The van der Waals surface area contributed by atoms with Gasteiger partial charge < -0.3 is 15.1 Å². The first kappa shape index (κ1) is 7.98. The van der Waals surface area contributed by atoms with Crippen molar-refractivity contribution in [1.29, 1.82) is 0 Å². The van der Waals surface area contributed by atoms with E-state index in [9.17, 15) is 10.2 Å². The molecule has 2 atom stereocenters. The number of aliphatic hydroxyl groups is 2. The van der Waals surface area contributed by atoms with Gasteiger partial charge in [0.15, 0.2) is 0 Å². The van der Waals surface area contributed by atoms with Gasteiger partial charge in [0, 0.05) is 6.54 Å². The first-order valence-corrected chi connectivity index (χ1v) is 3.48. The molecule has 1 heterocycles. The summed E-state index contributed by atoms with van der Waals surface area (Å²) in [6, 6.07) is 0. The van der Waals surface area contributed by atoms with Crippen molar-refractivity contribution < 1.29 is 10.2 Å². The Balaban J connectivity index is 2.55. The normalized spacial score (nSPS) is 43.8. The summed E-state index contributed by atoms with van der Waals surface area (Å²) in [5.74, 6) is 0. The van der Waals surface area contributed by atoms with E-state index >= 15 is 0 Å². The first-order valence-electron chi connectivity index (χ1n) is 3.48. The molecule has 3 heteroatoms. The van der Waals surface area contributed by atoms with Gasteiger partial charge in [-0.2, -0.15) is 0 Å². The summed E-state index contributed by atoms with van der Waals surface area (Å²) in [6.45, 7) is 2.85. The molecule has 2 N–H and O–H groups in total. The number of hydrogen-bond donors (Lipinski definition) is 2. The summed E-state index contributed by atoms with van der Waals surface area (Å²) in [5.41, 5.74) is -0.972. The summed E-state index contributed by atoms with van der Waals surface area (Å²) in [7, 11) is 3.69. The van der Waals surface area contributed by atoms with Crippen LogP contribution in [0.1, 0.15) is 13.3 Å². The molecule has 1 saturated heterocycles. The van der Waals surface area contributed by atoms with Crippen molar-refractivity contribution in [3.05, 3.63) is 7.05 Å². The van der Waals surface area contributed by atoms with Gasteiger partial charge in [-0.3, -0.25) is 7.05 Å². The van der Waals surface area contributed by atoms with E-state index < -0.39 is 11.7 Å². The minimum atomic E-state index is -0.972. The molecule has 3 nitrogen and oxygen atoms in total. The lowest BCUT2D eigenvalue weighted by Crippen LogP contribution is -2.53. The zero-order valence-electron chi connectivity index (χ0n) is 6.25. The Bertz CT molecular complexity index is 125. The van der Waals surface area contributed by atoms with Crippen molar-refractivity contribution in [1.82, 2.24) is 4.90 Å². The zero-order chi connectivity index (χ0) is 7.78. The Morgan fingerprint density at radius 1 is 1.70 bits per heavy atom. The van der Waals surface area contributed by atoms with E-state index in [1.807, 2.05) is 0 Å². The third-order valence-electron chi connectivity index (χ3n) is 1.98. The molecular formula is C7H14NO2-. The average Bonchev–Trinajstić information content (AvgIpc) is 1.78. The van der Waals surface area contributed by atoms with E-state index in [0.717, 1.165) is 6.54 Å². The summed E-state index contributed by atoms with van der Waals surface area (Å²) in [4.78, 5) is 1.77. The van der Waals surface area contributed by atoms with Gasteiger partial charge in [0.2, 0.25) is 0 Å². The van der Waals surface area contributed by atoms with Crippen molar-refractivity contribution in [3.63, 3.8) is 0 Å². The second-order valence-electron chi connectivity index (χ2n) is 3.21. The molecule has 0 aromatic heterocycles. The predicted molar refractivity (Wildman–Crippen MR) is 38.2 cm³/mol. The molecule has 0 aliphatic carbocycles. The van der Waals surface area contributed by atoms with Crippen LogP contribution in [0.25, 0.3) is 0 Å². The van der Waals surface area contributed by atoms with E-state index in [2.05, 4.69) is 7.05 Å². The van der Waals surface area contributed by atoms with E-state index in [0.29, 0.717) is 13.0 Å². The quantitative estimate of drug-likeness (QED) is 0.454. The van der Waals surface area contributed by atoms with E-state index in [4.69, 9.17) is 0 Å². The number of nitrogens with zero attached hydrogens (tertiary/aromatic N) is 1. The van der Waals surface area contributed by atoms with Crippen LogP contribution < -0.4 is 0 Å². The zero-order valence-corrected chi connectivity index (χ0v) is 6.25. The van der Waals surface area contributed by atoms with Crippen molar-refractivity contribution in [2.24, 2.45) is 0 Å². The number of likely N-dealkylation sites (tertiary alicyclic amines) is 1. The number of aliphatic hydroxyl groups excluding tert-OH is 1. The Kier molecular flexibility index (Phi) is 1.99. The molecule has 0 bridgehead atoms. The predicted octanol–water partition coefficient (Wildman–Crippen LogP) is -0.404. The first-order chi connectivity index (χ1) is 4.52. The monoisotopic (exact) mass is 144 g/mol. The highest BCUT2D eigenvalue weighted by Gasteiger charge is 2.33. The van der Waals surface area contributed by atoms with Gasteiger partial charge in [0.05, 0.1) is 11.7 Å². The van der Waals surface area contributed by atoms with Gasteiger partial charge in [-0.05, 0) is 19.9 Å². The standard InChI is InChI=1S/C7H14NO2/c1-7(10)5-8(2)4-3-6(7)9/h6,9-10H,2-5H2,1H3/q-1/t6-,7+/m0/s1. The van der Waals surface area contributed by atoms with Gasteiger partial charge >= 0.3 is 0 Å². The van der Waals surface area contributed by atoms with Crippen LogP contribution in [0, 0.1) is 7.05 Å².